The summed E-state index contributed by atoms with van der Waals surface area (Å²) in [5.41, 5.74) is 1.11. The molecule has 2 aromatic carbocycles. The van der Waals surface area contributed by atoms with Gasteiger partial charge in [-0.1, -0.05) is 17.7 Å². The number of methoxy groups -OCH3 is 2. The van der Waals surface area contributed by atoms with Gasteiger partial charge in [-0.3, -0.25) is 0 Å². The van der Waals surface area contributed by atoms with Gasteiger partial charge < -0.3 is 20.1 Å². The fraction of sp³-hybridized carbons (Fsp3) is 0.133. The zero-order valence-electron chi connectivity index (χ0n) is 11.6. The number of urea groups is 1. The third kappa shape index (κ3) is 4.03. The highest BCUT2D eigenvalue weighted by atomic mass is 35.5. The Morgan fingerprint density at radius 3 is 2.52 bits per heavy atom. The number of rotatable bonds is 4. The van der Waals surface area contributed by atoms with Crippen molar-refractivity contribution in [2.75, 3.05) is 24.9 Å². The lowest BCUT2D eigenvalue weighted by Crippen LogP contribution is -2.19. The van der Waals surface area contributed by atoms with Gasteiger partial charge in [0.05, 0.1) is 19.9 Å². The largest absolute Gasteiger partial charge is 0.497 e. The highest BCUT2D eigenvalue weighted by Gasteiger charge is 2.09. The molecule has 0 fully saturated rings. The number of nitrogens with one attached hydrogen (secondary N) is 2. The molecule has 2 N–H and O–H groups in total. The molecule has 0 aliphatic rings. The molecule has 0 saturated carbocycles. The van der Waals surface area contributed by atoms with Gasteiger partial charge in [-0.2, -0.15) is 0 Å². The van der Waals surface area contributed by atoms with Gasteiger partial charge in [0.25, 0.3) is 0 Å². The van der Waals surface area contributed by atoms with Gasteiger partial charge in [0.2, 0.25) is 0 Å². The lowest BCUT2D eigenvalue weighted by atomic mass is 10.2. The molecule has 0 aliphatic carbocycles. The average Bonchev–Trinajstić information content (AvgIpc) is 2.47. The normalized spacial score (nSPS) is 9.86. The van der Waals surface area contributed by atoms with Crippen LogP contribution < -0.4 is 20.1 Å². The van der Waals surface area contributed by atoms with E-state index in [0.29, 0.717) is 27.9 Å². The number of halogens is 1. The van der Waals surface area contributed by atoms with E-state index in [1.807, 2.05) is 0 Å². The summed E-state index contributed by atoms with van der Waals surface area (Å²) in [4.78, 5) is 12.0. The maximum Gasteiger partial charge on any atom is 0.323 e. The molecule has 0 aromatic heterocycles. The van der Waals surface area contributed by atoms with Crippen molar-refractivity contribution in [1.29, 1.82) is 0 Å². The third-order valence-electron chi connectivity index (χ3n) is 2.74. The minimum absolute atomic E-state index is 0.399. The predicted molar refractivity (Wildman–Crippen MR) is 83.6 cm³/mol. The van der Waals surface area contributed by atoms with Crippen molar-refractivity contribution in [3.8, 4) is 11.5 Å². The first-order chi connectivity index (χ1) is 10.1. The Balaban J connectivity index is 2.12. The van der Waals surface area contributed by atoms with Crippen molar-refractivity contribution in [2.45, 2.75) is 0 Å². The minimum atomic E-state index is -0.399. The number of carbonyl (C=O) groups is 1. The second-order valence-electron chi connectivity index (χ2n) is 4.16. The Kier molecular flexibility index (Phi) is 4.90. The van der Waals surface area contributed by atoms with Crippen LogP contribution in [0.25, 0.3) is 0 Å². The number of anilines is 2. The van der Waals surface area contributed by atoms with Crippen molar-refractivity contribution in [3.63, 3.8) is 0 Å². The highest BCUT2D eigenvalue weighted by molar-refractivity contribution is 6.30. The van der Waals surface area contributed by atoms with E-state index >= 15 is 0 Å². The van der Waals surface area contributed by atoms with Gasteiger partial charge >= 0.3 is 6.03 Å². The van der Waals surface area contributed by atoms with Crippen LogP contribution in [0.1, 0.15) is 0 Å². The lowest BCUT2D eigenvalue weighted by molar-refractivity contribution is 0.262. The second-order valence-corrected chi connectivity index (χ2v) is 4.59. The first-order valence-corrected chi connectivity index (χ1v) is 6.56. The molecule has 0 bridgehead atoms. The zero-order valence-corrected chi connectivity index (χ0v) is 12.4. The van der Waals surface area contributed by atoms with Gasteiger partial charge in [0.15, 0.2) is 0 Å². The number of benzene rings is 2. The Labute approximate surface area is 127 Å². The number of hydrogen-bond acceptors (Lipinski definition) is 3. The number of hydrogen-bond donors (Lipinski definition) is 2. The van der Waals surface area contributed by atoms with Gasteiger partial charge in [-0.15, -0.1) is 0 Å². The molecule has 0 aliphatic heterocycles. The summed E-state index contributed by atoms with van der Waals surface area (Å²) >= 11 is 5.87. The van der Waals surface area contributed by atoms with Crippen LogP contribution in [0, 0.1) is 0 Å². The summed E-state index contributed by atoms with van der Waals surface area (Å²) in [7, 11) is 3.08. The maximum absolute atomic E-state index is 12.0. The summed E-state index contributed by atoms with van der Waals surface area (Å²) in [5, 5.41) is 5.94. The van der Waals surface area contributed by atoms with E-state index in [1.165, 1.54) is 7.11 Å². The van der Waals surface area contributed by atoms with Gasteiger partial charge in [-0.05, 0) is 30.3 Å². The number of amides is 2. The Morgan fingerprint density at radius 2 is 1.86 bits per heavy atom. The fourth-order valence-electron chi connectivity index (χ4n) is 1.76. The lowest BCUT2D eigenvalue weighted by Gasteiger charge is -2.12. The molecule has 2 rings (SSSR count). The molecule has 5 nitrogen and oxygen atoms in total. The topological polar surface area (TPSA) is 59.6 Å². The Hall–Kier alpha value is -2.40. The summed E-state index contributed by atoms with van der Waals surface area (Å²) < 4.78 is 10.3. The van der Waals surface area contributed by atoms with Gasteiger partial charge in [0.1, 0.15) is 11.5 Å². The Morgan fingerprint density at radius 1 is 1.05 bits per heavy atom. The van der Waals surface area contributed by atoms with Crippen LogP contribution in [-0.4, -0.2) is 20.3 Å². The molecule has 2 amide bonds. The van der Waals surface area contributed by atoms with Crippen LogP contribution in [0.2, 0.25) is 5.02 Å². The first kappa shape index (κ1) is 15.0. The molecule has 0 atom stereocenters. The van der Waals surface area contributed by atoms with Crippen molar-refractivity contribution >= 4 is 29.0 Å². The van der Waals surface area contributed by atoms with E-state index in [2.05, 4.69) is 10.6 Å². The maximum atomic E-state index is 12.0. The van der Waals surface area contributed by atoms with Gasteiger partial charge in [0, 0.05) is 16.8 Å². The zero-order chi connectivity index (χ0) is 15.2. The first-order valence-electron chi connectivity index (χ1n) is 6.18. The molecule has 0 radical (unpaired) electrons. The van der Waals surface area contributed by atoms with Crippen LogP contribution in [0.15, 0.2) is 42.5 Å². The monoisotopic (exact) mass is 306 g/mol. The molecular formula is C15H15ClN2O3. The van der Waals surface area contributed by atoms with Crippen LogP contribution in [0.5, 0.6) is 11.5 Å². The molecule has 0 spiro atoms. The Bertz CT molecular complexity index is 647. The third-order valence-corrected chi connectivity index (χ3v) is 2.97. The summed E-state index contributed by atoms with van der Waals surface area (Å²) in [6.07, 6.45) is 0. The second kappa shape index (κ2) is 6.85. The molecule has 0 unspecified atom stereocenters. The van der Waals surface area contributed by atoms with E-state index in [0.717, 1.165) is 0 Å². The fourth-order valence-corrected chi connectivity index (χ4v) is 1.95. The summed E-state index contributed by atoms with van der Waals surface area (Å²) in [6, 6.07) is 11.6. The summed E-state index contributed by atoms with van der Waals surface area (Å²) in [5.74, 6) is 1.16. The SMILES string of the molecule is COc1ccc(OC)c(NC(=O)Nc2cccc(Cl)c2)c1. The van der Waals surface area contributed by atoms with E-state index < -0.39 is 6.03 Å². The minimum Gasteiger partial charge on any atom is -0.497 e. The average molecular weight is 307 g/mol. The van der Waals surface area contributed by atoms with E-state index in [1.54, 1.807) is 49.6 Å². The number of carbonyl (C=O) groups excluding carboxylic acids is 1. The standard InChI is InChI=1S/C15H15ClN2O3/c1-20-12-6-7-14(21-2)13(9-12)18-15(19)17-11-5-3-4-10(16)8-11/h3-9H,1-2H3,(H2,17,18,19). The van der Waals surface area contributed by atoms with Crippen LogP contribution in [0.3, 0.4) is 0 Å². The molecule has 0 saturated heterocycles. The van der Waals surface area contributed by atoms with Crippen LogP contribution in [0.4, 0.5) is 16.2 Å². The molecule has 21 heavy (non-hydrogen) atoms. The highest BCUT2D eigenvalue weighted by Crippen LogP contribution is 2.29. The molecule has 2 aromatic rings. The van der Waals surface area contributed by atoms with E-state index in [-0.39, 0.29) is 0 Å². The van der Waals surface area contributed by atoms with Gasteiger partial charge in [-0.25, -0.2) is 4.79 Å². The van der Waals surface area contributed by atoms with Crippen LogP contribution in [-0.2, 0) is 0 Å². The van der Waals surface area contributed by atoms with E-state index in [4.69, 9.17) is 21.1 Å². The molecule has 6 heteroatoms. The van der Waals surface area contributed by atoms with Crippen molar-refractivity contribution in [2.24, 2.45) is 0 Å². The molecule has 110 valence electrons. The number of ether oxygens (including phenoxy) is 2. The summed E-state index contributed by atoms with van der Waals surface area (Å²) in [6.45, 7) is 0. The molecular weight excluding hydrogens is 292 g/mol. The van der Waals surface area contributed by atoms with Crippen molar-refractivity contribution in [1.82, 2.24) is 0 Å². The van der Waals surface area contributed by atoms with Crippen LogP contribution >= 0.6 is 11.6 Å². The van der Waals surface area contributed by atoms with Crippen molar-refractivity contribution < 1.29 is 14.3 Å². The predicted octanol–water partition coefficient (Wildman–Crippen LogP) is 4.00. The quantitative estimate of drug-likeness (QED) is 0.897. The van der Waals surface area contributed by atoms with Crippen molar-refractivity contribution in [3.05, 3.63) is 47.5 Å². The van der Waals surface area contributed by atoms with E-state index in [9.17, 15) is 4.79 Å². The molecule has 0 heterocycles. The smallest absolute Gasteiger partial charge is 0.323 e.